The normalized spacial score (nSPS) is 8.00. The van der Waals surface area contributed by atoms with Crippen LogP contribution < -0.4 is 18.9 Å². The second kappa shape index (κ2) is 7.99. The van der Waals surface area contributed by atoms with E-state index in [1.807, 2.05) is 12.1 Å². The first-order valence-electron chi connectivity index (χ1n) is 4.27. The van der Waals surface area contributed by atoms with Gasteiger partial charge in [0.2, 0.25) is 0 Å². The van der Waals surface area contributed by atoms with Crippen LogP contribution in [-0.4, -0.2) is 10.2 Å². The van der Waals surface area contributed by atoms with Crippen molar-refractivity contribution in [1.82, 2.24) is 0 Å². The van der Waals surface area contributed by atoms with Crippen molar-refractivity contribution in [2.24, 2.45) is 0 Å². The molecular formula is C12H13LiO2. The fourth-order valence-electron chi connectivity index (χ4n) is 0.856. The average molecular weight is 196 g/mol. The van der Waals surface area contributed by atoms with Crippen LogP contribution in [0.2, 0.25) is 0 Å². The Kier molecular flexibility index (Phi) is 7.26. The SMILES string of the molecule is Oc1ccccc1.Oc1ccccc1.[H-].[Li+]. The maximum atomic E-state index is 8.63. The minimum atomic E-state index is 0. The summed E-state index contributed by atoms with van der Waals surface area (Å²) in [5.74, 6) is 0.644. The Balaban J connectivity index is 0. The van der Waals surface area contributed by atoms with Gasteiger partial charge in [0.25, 0.3) is 0 Å². The van der Waals surface area contributed by atoms with E-state index in [1.54, 1.807) is 48.5 Å². The van der Waals surface area contributed by atoms with Crippen LogP contribution in [-0.2, 0) is 0 Å². The second-order valence-corrected chi connectivity index (χ2v) is 2.67. The largest absolute Gasteiger partial charge is 1.00 e. The van der Waals surface area contributed by atoms with Gasteiger partial charge in [-0.2, -0.15) is 0 Å². The van der Waals surface area contributed by atoms with E-state index >= 15 is 0 Å². The number of benzene rings is 2. The van der Waals surface area contributed by atoms with E-state index in [9.17, 15) is 0 Å². The van der Waals surface area contributed by atoms with Crippen LogP contribution in [0, 0.1) is 0 Å². The summed E-state index contributed by atoms with van der Waals surface area (Å²) < 4.78 is 0. The van der Waals surface area contributed by atoms with Crippen molar-refractivity contribution < 1.29 is 30.5 Å². The maximum absolute atomic E-state index is 8.63. The third-order valence-corrected chi connectivity index (χ3v) is 1.51. The van der Waals surface area contributed by atoms with Crippen LogP contribution in [0.4, 0.5) is 0 Å². The molecule has 0 radical (unpaired) electrons. The quantitative estimate of drug-likeness (QED) is 0.578. The summed E-state index contributed by atoms with van der Waals surface area (Å²) in [7, 11) is 0. The summed E-state index contributed by atoms with van der Waals surface area (Å²) in [6.45, 7) is 0. The molecule has 0 fully saturated rings. The molecule has 0 aromatic heterocycles. The molecule has 0 amide bonds. The Morgan fingerprint density at radius 3 is 1.00 bits per heavy atom. The van der Waals surface area contributed by atoms with Gasteiger partial charge in [0.05, 0.1) is 0 Å². The molecule has 2 aromatic rings. The van der Waals surface area contributed by atoms with Gasteiger partial charge in [-0.1, -0.05) is 36.4 Å². The molecule has 0 aliphatic carbocycles. The van der Waals surface area contributed by atoms with Gasteiger partial charge in [0, 0.05) is 0 Å². The van der Waals surface area contributed by atoms with Gasteiger partial charge in [-0.25, -0.2) is 0 Å². The van der Waals surface area contributed by atoms with E-state index in [0.717, 1.165) is 0 Å². The fraction of sp³-hybridized carbons (Fsp3) is 0. The predicted molar refractivity (Wildman–Crippen MR) is 57.3 cm³/mol. The van der Waals surface area contributed by atoms with Crippen LogP contribution in [0.3, 0.4) is 0 Å². The van der Waals surface area contributed by atoms with Gasteiger partial charge in [0.1, 0.15) is 11.5 Å². The number of hydrogen-bond donors (Lipinski definition) is 2. The summed E-state index contributed by atoms with van der Waals surface area (Å²) in [6, 6.07) is 17.4. The van der Waals surface area contributed by atoms with E-state index in [-0.39, 0.29) is 20.3 Å². The molecule has 0 saturated heterocycles. The summed E-state index contributed by atoms with van der Waals surface area (Å²) in [5.41, 5.74) is 0. The van der Waals surface area contributed by atoms with Crippen LogP contribution in [0.25, 0.3) is 0 Å². The molecule has 2 rings (SSSR count). The van der Waals surface area contributed by atoms with E-state index in [0.29, 0.717) is 11.5 Å². The summed E-state index contributed by atoms with van der Waals surface area (Å²) in [4.78, 5) is 0. The third kappa shape index (κ3) is 6.67. The van der Waals surface area contributed by atoms with Crippen molar-refractivity contribution >= 4 is 0 Å². The molecule has 0 aliphatic rings. The average Bonchev–Trinajstić information content (AvgIpc) is 2.21. The van der Waals surface area contributed by atoms with Crippen molar-refractivity contribution in [3.8, 4) is 11.5 Å². The van der Waals surface area contributed by atoms with E-state index in [4.69, 9.17) is 10.2 Å². The number of rotatable bonds is 0. The standard InChI is InChI=1S/2C6H6O.Li.H/c2*7-6-4-2-1-3-5-6;;/h2*1-5,7H;;/q;;+1;-1. The molecule has 0 spiro atoms. The Labute approximate surface area is 103 Å². The topological polar surface area (TPSA) is 40.5 Å². The van der Waals surface area contributed by atoms with Gasteiger partial charge in [-0.05, 0) is 24.3 Å². The first kappa shape index (κ1) is 13.6. The number of aromatic hydroxyl groups is 2. The summed E-state index contributed by atoms with van der Waals surface area (Å²) >= 11 is 0. The predicted octanol–water partition coefficient (Wildman–Crippen LogP) is -0.0991. The van der Waals surface area contributed by atoms with Gasteiger partial charge in [-0.3, -0.25) is 0 Å². The van der Waals surface area contributed by atoms with Gasteiger partial charge in [0.15, 0.2) is 0 Å². The minimum Gasteiger partial charge on any atom is -1.00 e. The second-order valence-electron chi connectivity index (χ2n) is 2.67. The zero-order chi connectivity index (χ0) is 10.2. The molecule has 2 aromatic carbocycles. The van der Waals surface area contributed by atoms with Crippen LogP contribution in [0.5, 0.6) is 11.5 Å². The van der Waals surface area contributed by atoms with Crippen molar-refractivity contribution in [2.75, 3.05) is 0 Å². The van der Waals surface area contributed by atoms with E-state index < -0.39 is 0 Å². The summed E-state index contributed by atoms with van der Waals surface area (Å²) in [6.07, 6.45) is 0. The van der Waals surface area contributed by atoms with Crippen LogP contribution in [0.15, 0.2) is 60.7 Å². The minimum absolute atomic E-state index is 0. The smallest absolute Gasteiger partial charge is 1.00 e. The zero-order valence-corrected chi connectivity index (χ0v) is 8.67. The first-order chi connectivity index (χ1) is 6.79. The maximum Gasteiger partial charge on any atom is 1.00 e. The monoisotopic (exact) mass is 196 g/mol. The molecule has 0 heterocycles. The molecule has 2 nitrogen and oxygen atoms in total. The third-order valence-electron chi connectivity index (χ3n) is 1.51. The molecule has 0 saturated carbocycles. The summed E-state index contributed by atoms with van der Waals surface area (Å²) in [5, 5.41) is 17.3. The molecule has 2 N–H and O–H groups in total. The molecule has 0 atom stereocenters. The molecular weight excluding hydrogens is 183 g/mol. The van der Waals surface area contributed by atoms with Crippen molar-refractivity contribution in [3.63, 3.8) is 0 Å². The fourth-order valence-corrected chi connectivity index (χ4v) is 0.856. The van der Waals surface area contributed by atoms with Crippen molar-refractivity contribution in [2.45, 2.75) is 0 Å². The molecule has 3 heteroatoms. The molecule has 0 bridgehead atoms. The molecule has 0 unspecified atom stereocenters. The number of para-hydroxylation sites is 2. The Bertz CT molecular complexity index is 316. The Morgan fingerprint density at radius 2 is 0.867 bits per heavy atom. The molecule has 74 valence electrons. The number of phenolic OH excluding ortho intramolecular Hbond substituents is 2. The number of phenols is 2. The van der Waals surface area contributed by atoms with Crippen LogP contribution >= 0.6 is 0 Å². The molecule has 0 aliphatic heterocycles. The van der Waals surface area contributed by atoms with Gasteiger partial charge < -0.3 is 11.6 Å². The van der Waals surface area contributed by atoms with Gasteiger partial charge in [-0.15, -0.1) is 0 Å². The van der Waals surface area contributed by atoms with Crippen molar-refractivity contribution in [1.29, 1.82) is 0 Å². The Hall–Kier alpha value is -1.36. The molecule has 15 heavy (non-hydrogen) atoms. The van der Waals surface area contributed by atoms with Crippen molar-refractivity contribution in [3.05, 3.63) is 60.7 Å². The first-order valence-corrected chi connectivity index (χ1v) is 4.27. The van der Waals surface area contributed by atoms with Crippen LogP contribution in [0.1, 0.15) is 1.43 Å². The van der Waals surface area contributed by atoms with Gasteiger partial charge >= 0.3 is 18.9 Å². The number of hydrogen-bond acceptors (Lipinski definition) is 2. The van der Waals surface area contributed by atoms with E-state index in [2.05, 4.69) is 0 Å². The Morgan fingerprint density at radius 1 is 0.600 bits per heavy atom. The zero-order valence-electron chi connectivity index (χ0n) is 9.67. The van der Waals surface area contributed by atoms with E-state index in [1.165, 1.54) is 0 Å².